The van der Waals surface area contributed by atoms with Crippen molar-refractivity contribution in [3.63, 3.8) is 0 Å². The molecular formula is C29H31N3O2S. The molecule has 2 aliphatic rings. The quantitative estimate of drug-likeness (QED) is 0.261. The van der Waals surface area contributed by atoms with Gasteiger partial charge in [-0.05, 0) is 77.7 Å². The summed E-state index contributed by atoms with van der Waals surface area (Å²) in [6.07, 6.45) is 2.84. The fourth-order valence-corrected chi connectivity index (χ4v) is 5.85. The van der Waals surface area contributed by atoms with E-state index < -0.39 is 0 Å². The highest BCUT2D eigenvalue weighted by Crippen LogP contribution is 2.42. The maximum absolute atomic E-state index is 13.3. The Morgan fingerprint density at radius 2 is 1.89 bits per heavy atom. The minimum Gasteiger partial charge on any atom is -0.398 e. The van der Waals surface area contributed by atoms with E-state index in [-0.39, 0.29) is 5.78 Å². The third-order valence-electron chi connectivity index (χ3n) is 7.29. The van der Waals surface area contributed by atoms with Crippen molar-refractivity contribution in [1.82, 2.24) is 9.47 Å². The van der Waals surface area contributed by atoms with Crippen LogP contribution in [-0.4, -0.2) is 48.1 Å². The normalized spacial score (nSPS) is 16.7. The largest absolute Gasteiger partial charge is 0.398 e. The van der Waals surface area contributed by atoms with Crippen LogP contribution < -0.4 is 5.73 Å². The van der Waals surface area contributed by atoms with E-state index in [1.165, 1.54) is 34.3 Å². The first-order valence-electron chi connectivity index (χ1n) is 12.5. The van der Waals surface area contributed by atoms with Crippen LogP contribution in [0.2, 0.25) is 0 Å². The zero-order valence-corrected chi connectivity index (χ0v) is 20.7. The molecule has 3 heterocycles. The number of carbonyl (C=O) groups is 1. The van der Waals surface area contributed by atoms with Crippen LogP contribution in [0.4, 0.5) is 5.69 Å². The van der Waals surface area contributed by atoms with Crippen LogP contribution in [-0.2, 0) is 17.7 Å². The summed E-state index contributed by atoms with van der Waals surface area (Å²) in [5, 5.41) is 3.23. The van der Waals surface area contributed by atoms with E-state index in [9.17, 15) is 4.79 Å². The Labute approximate surface area is 210 Å². The molecule has 6 rings (SSSR count). The molecule has 1 saturated heterocycles. The van der Waals surface area contributed by atoms with Crippen LogP contribution in [0.15, 0.2) is 60.0 Å². The number of aromatic nitrogens is 1. The molecule has 0 atom stereocenters. The highest BCUT2D eigenvalue weighted by Gasteiger charge is 2.28. The van der Waals surface area contributed by atoms with E-state index in [1.807, 2.05) is 24.3 Å². The second kappa shape index (κ2) is 9.61. The third-order valence-corrected chi connectivity index (χ3v) is 8.21. The number of hydrogen-bond acceptors (Lipinski definition) is 5. The summed E-state index contributed by atoms with van der Waals surface area (Å²) in [7, 11) is 0. The summed E-state index contributed by atoms with van der Waals surface area (Å²) in [5.74, 6) is 0.766. The number of thiophene rings is 1. The second-order valence-electron chi connectivity index (χ2n) is 9.71. The van der Waals surface area contributed by atoms with E-state index in [0.29, 0.717) is 18.0 Å². The van der Waals surface area contributed by atoms with Crippen LogP contribution in [0.3, 0.4) is 0 Å². The van der Waals surface area contributed by atoms with Crippen LogP contribution in [0.1, 0.15) is 40.4 Å². The number of anilines is 1. The lowest BCUT2D eigenvalue weighted by atomic mass is 9.98. The SMILES string of the molecule is Nc1ccc(-c2cccs2)cc1CC(=O)c1ccc2c(c1)cc(C1CC1)n2CCN1CCOCC1. The third kappa shape index (κ3) is 4.79. The molecule has 0 bridgehead atoms. The number of nitrogens with two attached hydrogens (primary N) is 1. The summed E-state index contributed by atoms with van der Waals surface area (Å²) >= 11 is 1.69. The van der Waals surface area contributed by atoms with E-state index in [1.54, 1.807) is 11.3 Å². The molecule has 1 saturated carbocycles. The number of fused-ring (bicyclic) bond motifs is 1. The molecule has 4 aromatic rings. The summed E-state index contributed by atoms with van der Waals surface area (Å²) in [6, 6.07) is 18.7. The van der Waals surface area contributed by atoms with Crippen molar-refractivity contribution in [2.75, 3.05) is 38.6 Å². The van der Waals surface area contributed by atoms with Gasteiger partial charge >= 0.3 is 0 Å². The van der Waals surface area contributed by atoms with E-state index >= 15 is 0 Å². The highest BCUT2D eigenvalue weighted by molar-refractivity contribution is 7.13. The molecular weight excluding hydrogens is 454 g/mol. The van der Waals surface area contributed by atoms with Crippen molar-refractivity contribution in [3.8, 4) is 10.4 Å². The number of benzene rings is 2. The van der Waals surface area contributed by atoms with Crippen molar-refractivity contribution in [2.45, 2.75) is 31.7 Å². The maximum Gasteiger partial charge on any atom is 0.167 e. The molecule has 6 heteroatoms. The lowest BCUT2D eigenvalue weighted by Crippen LogP contribution is -2.38. The number of Topliss-reactive ketones (excluding diaryl/α,β-unsaturated/α-hetero) is 1. The van der Waals surface area contributed by atoms with Gasteiger partial charge in [0.05, 0.1) is 13.2 Å². The Morgan fingerprint density at radius 3 is 2.66 bits per heavy atom. The number of nitrogen functional groups attached to an aromatic ring is 1. The molecule has 1 aliphatic carbocycles. The molecule has 1 aliphatic heterocycles. The molecule has 2 aromatic carbocycles. The fourth-order valence-electron chi connectivity index (χ4n) is 5.13. The molecule has 2 aromatic heterocycles. The van der Waals surface area contributed by atoms with E-state index in [0.717, 1.165) is 56.1 Å². The molecule has 0 unspecified atom stereocenters. The Kier molecular flexibility index (Phi) is 6.19. The number of ketones is 1. The van der Waals surface area contributed by atoms with Gasteiger partial charge in [-0.3, -0.25) is 9.69 Å². The van der Waals surface area contributed by atoms with Gasteiger partial charge in [-0.2, -0.15) is 0 Å². The topological polar surface area (TPSA) is 60.5 Å². The van der Waals surface area contributed by atoms with Gasteiger partial charge in [0.25, 0.3) is 0 Å². The van der Waals surface area contributed by atoms with E-state index in [4.69, 9.17) is 10.5 Å². The first-order chi connectivity index (χ1) is 17.2. The zero-order valence-electron chi connectivity index (χ0n) is 19.9. The summed E-state index contributed by atoms with van der Waals surface area (Å²) in [5.41, 5.74) is 12.3. The molecule has 0 amide bonds. The lowest BCUT2D eigenvalue weighted by Gasteiger charge is -2.27. The number of rotatable bonds is 8. The minimum absolute atomic E-state index is 0.107. The van der Waals surface area contributed by atoms with Crippen LogP contribution in [0, 0.1) is 0 Å². The second-order valence-corrected chi connectivity index (χ2v) is 10.7. The summed E-state index contributed by atoms with van der Waals surface area (Å²) < 4.78 is 7.99. The van der Waals surface area contributed by atoms with Crippen LogP contribution in [0.5, 0.6) is 0 Å². The predicted octanol–water partition coefficient (Wildman–Crippen LogP) is 5.59. The molecule has 35 heavy (non-hydrogen) atoms. The van der Waals surface area contributed by atoms with Crippen molar-refractivity contribution >= 4 is 33.7 Å². The van der Waals surface area contributed by atoms with E-state index in [2.05, 4.69) is 45.2 Å². The van der Waals surface area contributed by atoms with Gasteiger partial charge in [-0.25, -0.2) is 0 Å². The smallest absolute Gasteiger partial charge is 0.167 e. The number of carbonyl (C=O) groups excluding carboxylic acids is 1. The minimum atomic E-state index is 0.107. The van der Waals surface area contributed by atoms with Gasteiger partial charge in [0.1, 0.15) is 0 Å². The average molecular weight is 486 g/mol. The maximum atomic E-state index is 13.3. The Hall–Kier alpha value is -2.93. The number of ether oxygens (including phenoxy) is 1. The average Bonchev–Trinajstić information content (AvgIpc) is 3.44. The van der Waals surface area contributed by atoms with Gasteiger partial charge in [-0.15, -0.1) is 11.3 Å². The first kappa shape index (κ1) is 22.5. The lowest BCUT2D eigenvalue weighted by molar-refractivity contribution is 0.0364. The standard InChI is InChI=1S/C29H31N3O2S/c30-25-7-5-22(29-2-1-15-35-29)17-23(25)19-28(33)21-6-8-26-24(16-21)18-27(20-3-4-20)32(26)10-9-31-11-13-34-14-12-31/h1-2,5-8,15-18,20H,3-4,9-14,19,30H2. The van der Waals surface area contributed by atoms with Gasteiger partial charge < -0.3 is 15.0 Å². The van der Waals surface area contributed by atoms with Crippen molar-refractivity contribution in [2.24, 2.45) is 0 Å². The van der Waals surface area contributed by atoms with Crippen LogP contribution >= 0.6 is 11.3 Å². The number of nitrogens with zero attached hydrogens (tertiary/aromatic N) is 2. The van der Waals surface area contributed by atoms with Crippen molar-refractivity contribution in [3.05, 3.63) is 76.8 Å². The molecule has 5 nitrogen and oxygen atoms in total. The number of hydrogen-bond donors (Lipinski definition) is 1. The van der Waals surface area contributed by atoms with Gasteiger partial charge in [0.15, 0.2) is 5.78 Å². The summed E-state index contributed by atoms with van der Waals surface area (Å²) in [4.78, 5) is 17.0. The summed E-state index contributed by atoms with van der Waals surface area (Å²) in [6.45, 7) is 5.69. The Bertz CT molecular complexity index is 1350. The molecule has 180 valence electrons. The fraction of sp³-hybridized carbons (Fsp3) is 0.345. The molecule has 0 spiro atoms. The predicted molar refractivity (Wildman–Crippen MR) is 143 cm³/mol. The van der Waals surface area contributed by atoms with Gasteiger partial charge in [-0.1, -0.05) is 12.1 Å². The molecule has 0 radical (unpaired) electrons. The number of morpholine rings is 1. The van der Waals surface area contributed by atoms with Crippen LogP contribution in [0.25, 0.3) is 21.3 Å². The Balaban J connectivity index is 1.24. The molecule has 2 fully saturated rings. The van der Waals surface area contributed by atoms with Crippen molar-refractivity contribution < 1.29 is 9.53 Å². The van der Waals surface area contributed by atoms with Gasteiger partial charge in [0.2, 0.25) is 0 Å². The first-order valence-corrected chi connectivity index (χ1v) is 13.4. The highest BCUT2D eigenvalue weighted by atomic mass is 32.1. The van der Waals surface area contributed by atoms with Crippen molar-refractivity contribution in [1.29, 1.82) is 0 Å². The zero-order chi connectivity index (χ0) is 23.8. The monoisotopic (exact) mass is 485 g/mol. The Morgan fingerprint density at radius 1 is 1.03 bits per heavy atom. The van der Waals surface area contributed by atoms with Gasteiger partial charge in [0, 0.05) is 65.3 Å². The molecule has 2 N–H and O–H groups in total.